The Morgan fingerprint density at radius 2 is 1.85 bits per heavy atom. The van der Waals surface area contributed by atoms with Crippen LogP contribution < -0.4 is 10.6 Å². The number of carbonyl (C=O) groups excluding carboxylic acids is 2. The molecule has 0 aromatic heterocycles. The number of carbonyl (C=O) groups is 2. The molecule has 76 valence electrons. The molecule has 0 bridgehead atoms. The maximum absolute atomic E-state index is 11.1. The largest absolute Gasteiger partial charge is 0.383 e. The summed E-state index contributed by atoms with van der Waals surface area (Å²) in [7, 11) is 1.64. The zero-order valence-corrected chi connectivity index (χ0v) is 8.18. The number of rotatable bonds is 5. The average molecular weight is 188 g/mol. The van der Waals surface area contributed by atoms with Crippen LogP contribution in [0.5, 0.6) is 0 Å². The smallest absolute Gasteiger partial charge is 0.234 e. The maximum Gasteiger partial charge on any atom is 0.234 e. The number of hydrogen-bond acceptors (Lipinski definition) is 4. The van der Waals surface area contributed by atoms with Gasteiger partial charge in [0.1, 0.15) is 5.60 Å². The van der Waals surface area contributed by atoms with E-state index in [-0.39, 0.29) is 19.0 Å². The summed E-state index contributed by atoms with van der Waals surface area (Å²) in [4.78, 5) is 22.0. The van der Waals surface area contributed by atoms with Gasteiger partial charge in [0, 0.05) is 0 Å². The van der Waals surface area contributed by atoms with E-state index < -0.39 is 11.4 Å². The highest BCUT2D eigenvalue weighted by Crippen LogP contribution is 2.00. The number of ketones is 1. The average Bonchev–Trinajstić information content (AvgIpc) is 1.99. The van der Waals surface area contributed by atoms with Crippen molar-refractivity contribution in [3.05, 3.63) is 0 Å². The summed E-state index contributed by atoms with van der Waals surface area (Å²) in [5, 5.41) is 14.2. The Balaban J connectivity index is 3.77. The number of Topliss-reactive ketones (excluding diaryl/α,β-unsaturated/α-hetero) is 1. The lowest BCUT2D eigenvalue weighted by atomic mass is 10.0. The fraction of sp³-hybridized carbons (Fsp3) is 0.750. The third-order valence-corrected chi connectivity index (χ3v) is 1.47. The Kier molecular flexibility index (Phi) is 4.58. The van der Waals surface area contributed by atoms with Crippen molar-refractivity contribution in [1.29, 1.82) is 0 Å². The van der Waals surface area contributed by atoms with Gasteiger partial charge in [0.05, 0.1) is 13.1 Å². The number of hydrogen-bond donors (Lipinski definition) is 3. The van der Waals surface area contributed by atoms with E-state index >= 15 is 0 Å². The fourth-order valence-corrected chi connectivity index (χ4v) is 0.618. The highest BCUT2D eigenvalue weighted by atomic mass is 16.3. The summed E-state index contributed by atoms with van der Waals surface area (Å²) in [6.45, 7) is 2.81. The van der Waals surface area contributed by atoms with Crippen molar-refractivity contribution in [2.45, 2.75) is 19.4 Å². The van der Waals surface area contributed by atoms with Gasteiger partial charge in [-0.05, 0) is 20.9 Å². The van der Waals surface area contributed by atoms with Gasteiger partial charge in [-0.3, -0.25) is 9.59 Å². The topological polar surface area (TPSA) is 78.4 Å². The molecule has 13 heavy (non-hydrogen) atoms. The zero-order chi connectivity index (χ0) is 10.5. The van der Waals surface area contributed by atoms with Gasteiger partial charge in [-0.1, -0.05) is 0 Å². The summed E-state index contributed by atoms with van der Waals surface area (Å²) in [5.41, 5.74) is -1.38. The van der Waals surface area contributed by atoms with E-state index in [9.17, 15) is 14.7 Å². The molecule has 0 aliphatic carbocycles. The monoisotopic (exact) mass is 188 g/mol. The number of likely N-dealkylation sites (N-methyl/N-ethyl adjacent to an activating group) is 1. The molecule has 0 aliphatic rings. The third-order valence-electron chi connectivity index (χ3n) is 1.47. The molecule has 1 amide bonds. The predicted octanol–water partition coefficient (Wildman–Crippen LogP) is -1.34. The minimum atomic E-state index is -1.38. The van der Waals surface area contributed by atoms with E-state index in [1.165, 1.54) is 13.8 Å². The second kappa shape index (κ2) is 4.94. The Bertz CT molecular complexity index is 196. The maximum atomic E-state index is 11.1. The second-order valence-electron chi connectivity index (χ2n) is 3.29. The Labute approximate surface area is 77.5 Å². The Morgan fingerprint density at radius 3 is 2.23 bits per heavy atom. The van der Waals surface area contributed by atoms with Crippen LogP contribution in [0.25, 0.3) is 0 Å². The molecule has 0 saturated carbocycles. The lowest BCUT2D eigenvalue weighted by Gasteiger charge is -2.15. The van der Waals surface area contributed by atoms with Gasteiger partial charge in [0.2, 0.25) is 5.91 Å². The van der Waals surface area contributed by atoms with Crippen LogP contribution in [0.1, 0.15) is 13.8 Å². The van der Waals surface area contributed by atoms with Gasteiger partial charge in [-0.25, -0.2) is 0 Å². The molecule has 0 aromatic carbocycles. The molecule has 0 saturated heterocycles. The van der Waals surface area contributed by atoms with Crippen molar-refractivity contribution >= 4 is 11.7 Å². The van der Waals surface area contributed by atoms with Crippen LogP contribution in [0, 0.1) is 0 Å². The molecule has 0 aromatic rings. The van der Waals surface area contributed by atoms with Crippen LogP contribution in [0.3, 0.4) is 0 Å². The van der Waals surface area contributed by atoms with Crippen LogP contribution in [-0.4, -0.2) is 42.5 Å². The second-order valence-corrected chi connectivity index (χ2v) is 3.29. The van der Waals surface area contributed by atoms with Gasteiger partial charge >= 0.3 is 0 Å². The fourth-order valence-electron chi connectivity index (χ4n) is 0.618. The molecule has 0 fully saturated rings. The van der Waals surface area contributed by atoms with Crippen LogP contribution in [0.4, 0.5) is 0 Å². The SMILES string of the molecule is CNCC(=O)NCC(=O)C(C)(C)O. The van der Waals surface area contributed by atoms with E-state index in [2.05, 4.69) is 10.6 Å². The first-order valence-corrected chi connectivity index (χ1v) is 4.05. The molecule has 5 nitrogen and oxygen atoms in total. The van der Waals surface area contributed by atoms with Crippen LogP contribution >= 0.6 is 0 Å². The summed E-state index contributed by atoms with van der Waals surface area (Å²) in [6.07, 6.45) is 0. The van der Waals surface area contributed by atoms with Gasteiger partial charge < -0.3 is 15.7 Å². The first kappa shape index (κ1) is 12.1. The van der Waals surface area contributed by atoms with Crippen molar-refractivity contribution in [2.75, 3.05) is 20.1 Å². The highest BCUT2D eigenvalue weighted by molar-refractivity contribution is 5.91. The summed E-state index contributed by atoms with van der Waals surface area (Å²) < 4.78 is 0. The normalized spacial score (nSPS) is 11.1. The van der Waals surface area contributed by atoms with E-state index in [4.69, 9.17) is 0 Å². The first-order valence-electron chi connectivity index (χ1n) is 4.05. The minimum Gasteiger partial charge on any atom is -0.383 e. The molecular weight excluding hydrogens is 172 g/mol. The van der Waals surface area contributed by atoms with Gasteiger partial charge in [0.25, 0.3) is 0 Å². The van der Waals surface area contributed by atoms with Crippen LogP contribution in [0.2, 0.25) is 0 Å². The molecule has 0 unspecified atom stereocenters. The number of amides is 1. The molecule has 5 heteroatoms. The predicted molar refractivity (Wildman–Crippen MR) is 48.2 cm³/mol. The third kappa shape index (κ3) is 5.32. The quantitative estimate of drug-likeness (QED) is 0.499. The van der Waals surface area contributed by atoms with E-state index in [0.717, 1.165) is 0 Å². The Hall–Kier alpha value is -0.940. The lowest BCUT2D eigenvalue weighted by Crippen LogP contribution is -2.42. The van der Waals surface area contributed by atoms with Crippen molar-refractivity contribution in [3.8, 4) is 0 Å². The Morgan fingerprint density at radius 1 is 1.31 bits per heavy atom. The van der Waals surface area contributed by atoms with Gasteiger partial charge in [-0.15, -0.1) is 0 Å². The molecule has 0 atom stereocenters. The molecule has 0 aliphatic heterocycles. The minimum absolute atomic E-state index is 0.135. The summed E-state index contributed by atoms with van der Waals surface area (Å²) >= 11 is 0. The molecule has 0 spiro atoms. The van der Waals surface area contributed by atoms with E-state index in [1.807, 2.05) is 0 Å². The van der Waals surface area contributed by atoms with Crippen LogP contribution in [0.15, 0.2) is 0 Å². The van der Waals surface area contributed by atoms with Crippen LogP contribution in [-0.2, 0) is 9.59 Å². The van der Waals surface area contributed by atoms with E-state index in [1.54, 1.807) is 7.05 Å². The molecule has 0 rings (SSSR count). The molecule has 0 radical (unpaired) electrons. The lowest BCUT2D eigenvalue weighted by molar-refractivity contribution is -0.134. The summed E-state index contributed by atoms with van der Waals surface area (Å²) in [6, 6.07) is 0. The standard InChI is InChI=1S/C8H16N2O3/c1-8(2,13)6(11)4-10-7(12)5-9-3/h9,13H,4-5H2,1-3H3,(H,10,12). The van der Waals surface area contributed by atoms with Crippen molar-refractivity contribution in [3.63, 3.8) is 0 Å². The van der Waals surface area contributed by atoms with Gasteiger partial charge in [0.15, 0.2) is 5.78 Å². The van der Waals surface area contributed by atoms with Gasteiger partial charge in [-0.2, -0.15) is 0 Å². The van der Waals surface area contributed by atoms with E-state index in [0.29, 0.717) is 0 Å². The van der Waals surface area contributed by atoms with Crippen molar-refractivity contribution < 1.29 is 14.7 Å². The molecular formula is C8H16N2O3. The number of nitrogens with one attached hydrogen (secondary N) is 2. The summed E-state index contributed by atoms with van der Waals surface area (Å²) in [5.74, 6) is -0.669. The zero-order valence-electron chi connectivity index (χ0n) is 8.18. The highest BCUT2D eigenvalue weighted by Gasteiger charge is 2.23. The van der Waals surface area contributed by atoms with Crippen molar-refractivity contribution in [1.82, 2.24) is 10.6 Å². The van der Waals surface area contributed by atoms with Crippen molar-refractivity contribution in [2.24, 2.45) is 0 Å². The molecule has 3 N–H and O–H groups in total. The number of aliphatic hydroxyl groups is 1. The first-order chi connectivity index (χ1) is 5.88. The molecule has 0 heterocycles.